The summed E-state index contributed by atoms with van der Waals surface area (Å²) in [5.74, 6) is 1.88. The molecule has 2 heterocycles. The predicted octanol–water partition coefficient (Wildman–Crippen LogP) is 0.119. The Bertz CT molecular complexity index is 472. The molecule has 0 radical (unpaired) electrons. The Labute approximate surface area is 125 Å². The molecule has 2 rings (SSSR count). The van der Waals surface area contributed by atoms with Crippen LogP contribution in [0, 0.1) is 5.92 Å². The summed E-state index contributed by atoms with van der Waals surface area (Å²) in [6.07, 6.45) is 1.52. The highest BCUT2D eigenvalue weighted by atomic mass is 16.5. The summed E-state index contributed by atoms with van der Waals surface area (Å²) >= 11 is 0. The highest BCUT2D eigenvalue weighted by molar-refractivity contribution is 5.78. The molecule has 1 saturated heterocycles. The second-order valence-electron chi connectivity index (χ2n) is 5.49. The summed E-state index contributed by atoms with van der Waals surface area (Å²) in [4.78, 5) is 23.9. The molecule has 1 aromatic heterocycles. The quantitative estimate of drug-likeness (QED) is 0.830. The van der Waals surface area contributed by atoms with Crippen LogP contribution in [0.1, 0.15) is 13.8 Å². The van der Waals surface area contributed by atoms with E-state index in [2.05, 4.69) is 28.7 Å². The summed E-state index contributed by atoms with van der Waals surface area (Å²) in [7, 11) is 0. The van der Waals surface area contributed by atoms with Crippen LogP contribution in [0.5, 0.6) is 5.88 Å². The van der Waals surface area contributed by atoms with Crippen molar-refractivity contribution in [1.82, 2.24) is 14.9 Å². The average molecular weight is 293 g/mol. The normalized spacial score (nSPS) is 15.4. The molecule has 0 spiro atoms. The number of amides is 1. The van der Waals surface area contributed by atoms with Crippen molar-refractivity contribution >= 4 is 11.7 Å². The van der Waals surface area contributed by atoms with Crippen LogP contribution in [0.15, 0.2) is 12.4 Å². The van der Waals surface area contributed by atoms with Gasteiger partial charge < -0.3 is 20.3 Å². The zero-order valence-corrected chi connectivity index (χ0v) is 12.7. The Morgan fingerprint density at radius 1 is 1.33 bits per heavy atom. The third kappa shape index (κ3) is 4.29. The lowest BCUT2D eigenvalue weighted by molar-refractivity contribution is -0.129. The van der Waals surface area contributed by atoms with Crippen molar-refractivity contribution in [1.29, 1.82) is 0 Å². The molecule has 0 bridgehead atoms. The second-order valence-corrected chi connectivity index (χ2v) is 5.49. The standard InChI is InChI=1S/C14H23N5O2/c1-11(2)9-21-13-7-12(16-10-17-13)18-3-5-19(6-4-18)14(20)8-15/h7,10-11H,3-6,8-9,15H2,1-2H3. The fraction of sp³-hybridized carbons (Fsp3) is 0.643. The highest BCUT2D eigenvalue weighted by Gasteiger charge is 2.21. The van der Waals surface area contributed by atoms with Crippen LogP contribution >= 0.6 is 0 Å². The van der Waals surface area contributed by atoms with Crippen LogP contribution in [-0.2, 0) is 4.79 Å². The van der Waals surface area contributed by atoms with E-state index in [0.717, 1.165) is 18.9 Å². The highest BCUT2D eigenvalue weighted by Crippen LogP contribution is 2.18. The number of hydrogen-bond donors (Lipinski definition) is 1. The lowest BCUT2D eigenvalue weighted by atomic mass is 10.2. The summed E-state index contributed by atoms with van der Waals surface area (Å²) in [5, 5.41) is 0. The van der Waals surface area contributed by atoms with Gasteiger partial charge in [0.15, 0.2) is 0 Å². The summed E-state index contributed by atoms with van der Waals surface area (Å²) in [6, 6.07) is 1.85. The van der Waals surface area contributed by atoms with Crippen molar-refractivity contribution < 1.29 is 9.53 Å². The van der Waals surface area contributed by atoms with Gasteiger partial charge in [0.05, 0.1) is 13.2 Å². The minimum Gasteiger partial charge on any atom is -0.477 e. The van der Waals surface area contributed by atoms with Gasteiger partial charge in [-0.3, -0.25) is 4.79 Å². The van der Waals surface area contributed by atoms with Gasteiger partial charge in [-0.05, 0) is 5.92 Å². The maximum Gasteiger partial charge on any atom is 0.236 e. The number of carbonyl (C=O) groups excluding carboxylic acids is 1. The Morgan fingerprint density at radius 3 is 2.67 bits per heavy atom. The van der Waals surface area contributed by atoms with E-state index < -0.39 is 0 Å². The molecule has 21 heavy (non-hydrogen) atoms. The van der Waals surface area contributed by atoms with E-state index in [-0.39, 0.29) is 12.5 Å². The Balaban J connectivity index is 1.94. The van der Waals surface area contributed by atoms with E-state index in [1.54, 1.807) is 4.90 Å². The summed E-state index contributed by atoms with van der Waals surface area (Å²) in [6.45, 7) is 7.71. The Hall–Kier alpha value is -1.89. The van der Waals surface area contributed by atoms with Crippen LogP contribution in [0.2, 0.25) is 0 Å². The van der Waals surface area contributed by atoms with Crippen molar-refractivity contribution in [2.45, 2.75) is 13.8 Å². The van der Waals surface area contributed by atoms with E-state index in [4.69, 9.17) is 10.5 Å². The molecule has 7 nitrogen and oxygen atoms in total. The van der Waals surface area contributed by atoms with Crippen molar-refractivity contribution in [3.05, 3.63) is 12.4 Å². The number of rotatable bonds is 5. The maximum absolute atomic E-state index is 11.5. The summed E-state index contributed by atoms with van der Waals surface area (Å²) in [5.41, 5.74) is 5.38. The molecular formula is C14H23N5O2. The molecule has 2 N–H and O–H groups in total. The zero-order valence-electron chi connectivity index (χ0n) is 12.7. The maximum atomic E-state index is 11.5. The molecule has 1 aromatic rings. The molecule has 1 aliphatic rings. The molecule has 116 valence electrons. The van der Waals surface area contributed by atoms with Gasteiger partial charge in [-0.2, -0.15) is 0 Å². The van der Waals surface area contributed by atoms with Crippen molar-refractivity contribution in [3.8, 4) is 5.88 Å². The SMILES string of the molecule is CC(C)COc1cc(N2CCN(C(=O)CN)CC2)ncn1. The monoisotopic (exact) mass is 293 g/mol. The zero-order chi connectivity index (χ0) is 15.2. The first-order chi connectivity index (χ1) is 10.1. The first-order valence-corrected chi connectivity index (χ1v) is 7.27. The van der Waals surface area contributed by atoms with E-state index in [1.807, 2.05) is 6.07 Å². The molecule has 0 aliphatic carbocycles. The third-order valence-corrected chi connectivity index (χ3v) is 3.32. The van der Waals surface area contributed by atoms with Crippen molar-refractivity contribution in [2.24, 2.45) is 11.7 Å². The first-order valence-electron chi connectivity index (χ1n) is 7.27. The van der Waals surface area contributed by atoms with Gasteiger partial charge in [-0.15, -0.1) is 0 Å². The van der Waals surface area contributed by atoms with Crippen molar-refractivity contribution in [3.63, 3.8) is 0 Å². The number of aromatic nitrogens is 2. The first kappa shape index (κ1) is 15.5. The number of anilines is 1. The number of piperazine rings is 1. The molecule has 0 aromatic carbocycles. The van der Waals surface area contributed by atoms with Gasteiger partial charge in [-0.25, -0.2) is 9.97 Å². The Kier molecular flexibility index (Phi) is 5.32. The van der Waals surface area contributed by atoms with Crippen LogP contribution < -0.4 is 15.4 Å². The van der Waals surface area contributed by atoms with Crippen LogP contribution in [0.25, 0.3) is 0 Å². The minimum absolute atomic E-state index is 0.00158. The summed E-state index contributed by atoms with van der Waals surface area (Å²) < 4.78 is 5.62. The second kappa shape index (κ2) is 7.21. The molecule has 0 atom stereocenters. The van der Waals surface area contributed by atoms with Gasteiger partial charge in [0, 0.05) is 32.2 Å². The van der Waals surface area contributed by atoms with Crippen molar-refractivity contribution in [2.75, 3.05) is 44.2 Å². The number of hydrogen-bond acceptors (Lipinski definition) is 6. The topological polar surface area (TPSA) is 84.6 Å². The molecule has 7 heteroatoms. The average Bonchev–Trinajstić information content (AvgIpc) is 2.52. The lowest BCUT2D eigenvalue weighted by Crippen LogP contribution is -2.50. The smallest absolute Gasteiger partial charge is 0.236 e. The molecule has 0 unspecified atom stereocenters. The molecular weight excluding hydrogens is 270 g/mol. The molecule has 1 aliphatic heterocycles. The van der Waals surface area contributed by atoms with Gasteiger partial charge in [0.2, 0.25) is 11.8 Å². The van der Waals surface area contributed by atoms with E-state index in [0.29, 0.717) is 31.5 Å². The van der Waals surface area contributed by atoms with Gasteiger partial charge in [0.1, 0.15) is 12.1 Å². The minimum atomic E-state index is -0.00158. The largest absolute Gasteiger partial charge is 0.477 e. The fourth-order valence-electron chi connectivity index (χ4n) is 2.15. The van der Waals surface area contributed by atoms with Gasteiger partial charge >= 0.3 is 0 Å². The van der Waals surface area contributed by atoms with Gasteiger partial charge in [0.25, 0.3) is 0 Å². The molecule has 1 amide bonds. The van der Waals surface area contributed by atoms with Gasteiger partial charge in [-0.1, -0.05) is 13.8 Å². The molecule has 0 saturated carbocycles. The van der Waals surface area contributed by atoms with E-state index in [1.165, 1.54) is 6.33 Å². The number of ether oxygens (including phenoxy) is 1. The lowest BCUT2D eigenvalue weighted by Gasteiger charge is -2.35. The van der Waals surface area contributed by atoms with Crippen LogP contribution in [-0.4, -0.2) is 60.1 Å². The third-order valence-electron chi connectivity index (χ3n) is 3.32. The van der Waals surface area contributed by atoms with E-state index in [9.17, 15) is 4.79 Å². The van der Waals surface area contributed by atoms with Crippen LogP contribution in [0.3, 0.4) is 0 Å². The Morgan fingerprint density at radius 2 is 2.05 bits per heavy atom. The number of nitrogens with two attached hydrogens (primary N) is 1. The number of carbonyl (C=O) groups is 1. The fourth-order valence-corrected chi connectivity index (χ4v) is 2.15. The molecule has 1 fully saturated rings. The number of nitrogens with zero attached hydrogens (tertiary/aromatic N) is 4. The predicted molar refractivity (Wildman–Crippen MR) is 80.2 cm³/mol. The van der Waals surface area contributed by atoms with E-state index >= 15 is 0 Å². The van der Waals surface area contributed by atoms with Crippen LogP contribution in [0.4, 0.5) is 5.82 Å².